The van der Waals surface area contributed by atoms with Crippen LogP contribution in [-0.4, -0.2) is 66.5 Å². The Morgan fingerprint density at radius 1 is 1.12 bits per heavy atom. The summed E-state index contributed by atoms with van der Waals surface area (Å²) >= 11 is 0. The van der Waals surface area contributed by atoms with Gasteiger partial charge in [0.25, 0.3) is 5.91 Å². The summed E-state index contributed by atoms with van der Waals surface area (Å²) in [6, 6.07) is 6.19. The number of hydrogen-bond donors (Lipinski definition) is 1. The molecule has 0 spiro atoms. The number of benzene rings is 1. The molecule has 0 atom stereocenters. The summed E-state index contributed by atoms with van der Waals surface area (Å²) in [5.74, 6) is -0.101. The van der Waals surface area contributed by atoms with Gasteiger partial charge in [-0.25, -0.2) is 0 Å². The van der Waals surface area contributed by atoms with Crippen LogP contribution < -0.4 is 0 Å². The van der Waals surface area contributed by atoms with E-state index in [1.54, 1.807) is 0 Å². The van der Waals surface area contributed by atoms with Crippen LogP contribution in [0.15, 0.2) is 18.2 Å². The summed E-state index contributed by atoms with van der Waals surface area (Å²) in [4.78, 5) is 31.5. The fourth-order valence-electron chi connectivity index (χ4n) is 3.61. The van der Waals surface area contributed by atoms with Crippen molar-refractivity contribution in [3.63, 3.8) is 0 Å². The summed E-state index contributed by atoms with van der Waals surface area (Å²) in [7, 11) is 1.42. The quantitative estimate of drug-likeness (QED) is 0.835. The Morgan fingerprint density at radius 2 is 1.85 bits per heavy atom. The molecule has 0 unspecified atom stereocenters. The fraction of sp³-hybridized carbons (Fsp3) is 0.500. The summed E-state index contributed by atoms with van der Waals surface area (Å²) in [5, 5.41) is 1.11. The molecule has 1 N–H and O–H groups in total. The molecule has 6 heteroatoms. The molecule has 0 aliphatic carbocycles. The number of fused-ring (bicyclic) bond motifs is 1. The van der Waals surface area contributed by atoms with Crippen molar-refractivity contribution >= 4 is 22.8 Å². The number of esters is 1. The van der Waals surface area contributed by atoms with Crippen LogP contribution in [0, 0.1) is 13.8 Å². The van der Waals surface area contributed by atoms with E-state index in [9.17, 15) is 9.59 Å². The predicted molar refractivity (Wildman–Crippen MR) is 101 cm³/mol. The normalized spacial score (nSPS) is 15.4. The Bertz CT molecular complexity index is 804. The highest BCUT2D eigenvalue weighted by molar-refractivity contribution is 5.99. The standard InChI is InChI=1S/C20H27N3O3/c1-14-11-15(2)16-13-18(21-17(16)12-14)20(25)23-9-7-22(8-10-23)6-4-5-19(24)26-3/h11-13,21H,4-10H2,1-3H3. The van der Waals surface area contributed by atoms with Gasteiger partial charge in [-0.1, -0.05) is 6.07 Å². The topological polar surface area (TPSA) is 65.6 Å². The molecule has 1 aliphatic rings. The van der Waals surface area contributed by atoms with Crippen LogP contribution in [0.3, 0.4) is 0 Å². The lowest BCUT2D eigenvalue weighted by Crippen LogP contribution is -2.49. The third-order valence-electron chi connectivity index (χ3n) is 5.06. The van der Waals surface area contributed by atoms with Gasteiger partial charge in [-0.3, -0.25) is 14.5 Å². The number of aromatic amines is 1. The second-order valence-electron chi connectivity index (χ2n) is 7.04. The first kappa shape index (κ1) is 18.5. The maximum atomic E-state index is 12.8. The zero-order valence-corrected chi connectivity index (χ0v) is 15.8. The molecule has 1 aromatic heterocycles. The molecule has 1 aromatic carbocycles. The second-order valence-corrected chi connectivity index (χ2v) is 7.04. The first-order valence-electron chi connectivity index (χ1n) is 9.16. The van der Waals surface area contributed by atoms with Crippen molar-refractivity contribution in [1.29, 1.82) is 0 Å². The van der Waals surface area contributed by atoms with E-state index in [1.165, 1.54) is 18.2 Å². The molecule has 140 valence electrons. The maximum absolute atomic E-state index is 12.8. The lowest BCUT2D eigenvalue weighted by Gasteiger charge is -2.34. The first-order valence-corrected chi connectivity index (χ1v) is 9.16. The maximum Gasteiger partial charge on any atom is 0.305 e. The SMILES string of the molecule is COC(=O)CCCN1CCN(C(=O)c2cc3c(C)cc(C)cc3[nH]2)CC1. The Labute approximate surface area is 154 Å². The van der Waals surface area contributed by atoms with Crippen molar-refractivity contribution in [2.24, 2.45) is 0 Å². The van der Waals surface area contributed by atoms with Crippen molar-refractivity contribution < 1.29 is 14.3 Å². The van der Waals surface area contributed by atoms with Crippen LogP contribution in [0.2, 0.25) is 0 Å². The molecule has 2 aromatic rings. The number of amides is 1. The molecular formula is C20H27N3O3. The van der Waals surface area contributed by atoms with Crippen LogP contribution in [-0.2, 0) is 9.53 Å². The zero-order valence-electron chi connectivity index (χ0n) is 15.8. The lowest BCUT2D eigenvalue weighted by atomic mass is 10.1. The minimum absolute atomic E-state index is 0.0625. The highest BCUT2D eigenvalue weighted by Gasteiger charge is 2.23. The number of ether oxygens (including phenoxy) is 1. The van der Waals surface area contributed by atoms with Gasteiger partial charge in [0.15, 0.2) is 0 Å². The first-order chi connectivity index (χ1) is 12.5. The van der Waals surface area contributed by atoms with Crippen molar-refractivity contribution in [3.05, 3.63) is 35.0 Å². The predicted octanol–water partition coefficient (Wildman–Crippen LogP) is 2.50. The Hall–Kier alpha value is -2.34. The average Bonchev–Trinajstić information content (AvgIpc) is 3.06. The monoisotopic (exact) mass is 357 g/mol. The molecule has 1 amide bonds. The number of nitrogens with zero attached hydrogens (tertiary/aromatic N) is 2. The summed E-state index contributed by atoms with van der Waals surface area (Å²) in [6.07, 6.45) is 1.24. The molecule has 0 bridgehead atoms. The van der Waals surface area contributed by atoms with Crippen LogP contribution >= 0.6 is 0 Å². The van der Waals surface area contributed by atoms with Crippen LogP contribution in [0.25, 0.3) is 10.9 Å². The number of rotatable bonds is 5. The smallest absolute Gasteiger partial charge is 0.305 e. The van der Waals surface area contributed by atoms with Gasteiger partial charge >= 0.3 is 5.97 Å². The molecule has 0 radical (unpaired) electrons. The molecule has 26 heavy (non-hydrogen) atoms. The Kier molecular flexibility index (Phi) is 5.61. The molecular weight excluding hydrogens is 330 g/mol. The number of carbonyl (C=O) groups is 2. The van der Waals surface area contributed by atoms with E-state index in [2.05, 4.69) is 40.6 Å². The summed E-state index contributed by atoms with van der Waals surface area (Å²) in [5.41, 5.74) is 4.06. The van der Waals surface area contributed by atoms with Gasteiger partial charge in [-0.2, -0.15) is 0 Å². The number of methoxy groups -OCH3 is 1. The van der Waals surface area contributed by atoms with Crippen LogP contribution in [0.1, 0.15) is 34.5 Å². The number of nitrogens with one attached hydrogen (secondary N) is 1. The van der Waals surface area contributed by atoms with Gasteiger partial charge in [-0.05, 0) is 50.1 Å². The zero-order chi connectivity index (χ0) is 18.7. The van der Waals surface area contributed by atoms with Crippen molar-refractivity contribution in [3.8, 4) is 0 Å². The fourth-order valence-corrected chi connectivity index (χ4v) is 3.61. The molecule has 1 aliphatic heterocycles. The second kappa shape index (κ2) is 7.91. The summed E-state index contributed by atoms with van der Waals surface area (Å²) < 4.78 is 4.66. The average molecular weight is 357 g/mol. The van der Waals surface area contributed by atoms with Crippen molar-refractivity contribution in [2.75, 3.05) is 39.8 Å². The minimum atomic E-state index is -0.164. The highest BCUT2D eigenvalue weighted by Crippen LogP contribution is 2.22. The van der Waals surface area contributed by atoms with Gasteiger partial charge < -0.3 is 14.6 Å². The number of aromatic nitrogens is 1. The van der Waals surface area contributed by atoms with Crippen LogP contribution in [0.4, 0.5) is 0 Å². The minimum Gasteiger partial charge on any atom is -0.469 e. The van der Waals surface area contributed by atoms with E-state index < -0.39 is 0 Å². The number of piperazine rings is 1. The van der Waals surface area contributed by atoms with E-state index in [-0.39, 0.29) is 11.9 Å². The van der Waals surface area contributed by atoms with E-state index in [0.29, 0.717) is 25.2 Å². The highest BCUT2D eigenvalue weighted by atomic mass is 16.5. The largest absolute Gasteiger partial charge is 0.469 e. The van der Waals surface area contributed by atoms with E-state index >= 15 is 0 Å². The van der Waals surface area contributed by atoms with E-state index in [4.69, 9.17) is 0 Å². The number of H-pyrrole nitrogens is 1. The van der Waals surface area contributed by atoms with Gasteiger partial charge in [0.05, 0.1) is 7.11 Å². The number of carbonyl (C=O) groups excluding carboxylic acids is 2. The van der Waals surface area contributed by atoms with Crippen LogP contribution in [0.5, 0.6) is 0 Å². The van der Waals surface area contributed by atoms with E-state index in [0.717, 1.165) is 37.0 Å². The number of aryl methyl sites for hydroxylation is 2. The van der Waals surface area contributed by atoms with Gasteiger partial charge in [0.2, 0.25) is 0 Å². The molecule has 1 saturated heterocycles. The molecule has 0 saturated carbocycles. The lowest BCUT2D eigenvalue weighted by molar-refractivity contribution is -0.140. The third-order valence-corrected chi connectivity index (χ3v) is 5.06. The summed E-state index contributed by atoms with van der Waals surface area (Å²) in [6.45, 7) is 8.10. The Morgan fingerprint density at radius 3 is 2.54 bits per heavy atom. The van der Waals surface area contributed by atoms with Gasteiger partial charge in [0.1, 0.15) is 5.69 Å². The van der Waals surface area contributed by atoms with E-state index in [1.807, 2.05) is 11.0 Å². The molecule has 6 nitrogen and oxygen atoms in total. The third kappa shape index (κ3) is 4.07. The molecule has 1 fully saturated rings. The Balaban J connectivity index is 1.57. The van der Waals surface area contributed by atoms with Gasteiger partial charge in [0, 0.05) is 43.5 Å². The molecule has 2 heterocycles. The number of hydrogen-bond acceptors (Lipinski definition) is 4. The van der Waals surface area contributed by atoms with Gasteiger partial charge in [-0.15, -0.1) is 0 Å². The van der Waals surface area contributed by atoms with Crippen molar-refractivity contribution in [1.82, 2.24) is 14.8 Å². The van der Waals surface area contributed by atoms with Crippen molar-refractivity contribution in [2.45, 2.75) is 26.7 Å². The molecule has 3 rings (SSSR count).